The Morgan fingerprint density at radius 2 is 2.00 bits per heavy atom. The highest BCUT2D eigenvalue weighted by Crippen LogP contribution is 2.39. The Labute approximate surface area is 211 Å². The van der Waals surface area contributed by atoms with Gasteiger partial charge in [0.05, 0.1) is 33.7 Å². The molecule has 5 rings (SSSR count). The first kappa shape index (κ1) is 22.9. The van der Waals surface area contributed by atoms with Gasteiger partial charge in [-0.25, -0.2) is 16.5 Å². The van der Waals surface area contributed by atoms with Crippen LogP contribution in [-0.2, 0) is 13.0 Å². The SMILES string of the molecule is [C-]#[N+]CCN1CCc2cc(Nc3ncc4c(n3)SCN(c3c(Cl)cccc3Cl)C4=O)ccc2C1. The van der Waals surface area contributed by atoms with Crippen molar-refractivity contribution in [3.63, 3.8) is 0 Å². The van der Waals surface area contributed by atoms with Crippen molar-refractivity contribution >= 4 is 58.2 Å². The molecular weight excluding hydrogens is 491 g/mol. The number of benzene rings is 2. The average Bonchev–Trinajstić information content (AvgIpc) is 2.84. The number of amides is 1. The summed E-state index contributed by atoms with van der Waals surface area (Å²) in [5.74, 6) is 0.568. The number of hydrogen-bond donors (Lipinski definition) is 1. The van der Waals surface area contributed by atoms with Crippen LogP contribution < -0.4 is 10.2 Å². The van der Waals surface area contributed by atoms with Gasteiger partial charge in [-0.05, 0) is 41.8 Å². The lowest BCUT2D eigenvalue weighted by Gasteiger charge is -2.29. The van der Waals surface area contributed by atoms with Gasteiger partial charge in [-0.2, -0.15) is 0 Å². The van der Waals surface area contributed by atoms with Gasteiger partial charge < -0.3 is 10.2 Å². The molecule has 1 amide bonds. The van der Waals surface area contributed by atoms with Crippen molar-refractivity contribution in [1.82, 2.24) is 14.9 Å². The molecule has 3 aromatic rings. The molecule has 2 aliphatic heterocycles. The first-order valence-electron chi connectivity index (χ1n) is 10.7. The lowest BCUT2D eigenvalue weighted by Crippen LogP contribution is -2.35. The summed E-state index contributed by atoms with van der Waals surface area (Å²) in [7, 11) is 0. The maximum Gasteiger partial charge on any atom is 0.263 e. The number of halogens is 2. The van der Waals surface area contributed by atoms with E-state index in [4.69, 9.17) is 29.8 Å². The molecule has 2 aromatic carbocycles. The number of carbonyl (C=O) groups excluding carboxylic acids is 1. The minimum absolute atomic E-state index is 0.230. The molecule has 34 heavy (non-hydrogen) atoms. The van der Waals surface area contributed by atoms with E-state index in [1.54, 1.807) is 29.3 Å². The fourth-order valence-electron chi connectivity index (χ4n) is 4.13. The molecule has 0 saturated carbocycles. The number of fused-ring (bicyclic) bond motifs is 2. The fraction of sp³-hybridized carbons (Fsp3) is 0.250. The van der Waals surface area contributed by atoms with Gasteiger partial charge in [0.15, 0.2) is 0 Å². The van der Waals surface area contributed by atoms with Gasteiger partial charge in [-0.3, -0.25) is 14.6 Å². The van der Waals surface area contributed by atoms with Crippen LogP contribution in [0.15, 0.2) is 47.6 Å². The number of carbonyl (C=O) groups is 1. The summed E-state index contributed by atoms with van der Waals surface area (Å²) in [5.41, 5.74) is 4.40. The number of hydrogen-bond acceptors (Lipinski definition) is 6. The maximum absolute atomic E-state index is 13.1. The number of nitrogens with zero attached hydrogens (tertiary/aromatic N) is 5. The standard InChI is InChI=1S/C24H20Cl2N6OS/c1-27-8-10-31-9-7-15-11-17(6-5-16(15)13-31)29-24-28-12-18-22(30-24)34-14-32(23(18)33)21-19(25)3-2-4-20(21)26/h2-6,11-12H,7-10,13-14H2,(H,28,29,30). The van der Waals surface area contributed by atoms with E-state index < -0.39 is 0 Å². The molecule has 1 N–H and O–H groups in total. The van der Waals surface area contributed by atoms with Crippen LogP contribution in [0.25, 0.3) is 4.85 Å². The average molecular weight is 511 g/mol. The summed E-state index contributed by atoms with van der Waals surface area (Å²) < 4.78 is 0. The molecule has 172 valence electrons. The minimum atomic E-state index is -0.230. The number of rotatable bonds is 5. The van der Waals surface area contributed by atoms with Crippen molar-refractivity contribution in [2.75, 3.05) is 35.7 Å². The van der Waals surface area contributed by atoms with Crippen molar-refractivity contribution < 1.29 is 4.79 Å². The quantitative estimate of drug-likeness (QED) is 0.360. The Balaban J connectivity index is 1.32. The van der Waals surface area contributed by atoms with E-state index in [1.165, 1.54) is 22.9 Å². The molecule has 0 saturated heterocycles. The molecule has 0 aliphatic carbocycles. The van der Waals surface area contributed by atoms with Gasteiger partial charge >= 0.3 is 0 Å². The van der Waals surface area contributed by atoms with Gasteiger partial charge in [0.2, 0.25) is 12.5 Å². The first-order valence-corrected chi connectivity index (χ1v) is 12.5. The third-order valence-corrected chi connectivity index (χ3v) is 7.43. The highest BCUT2D eigenvalue weighted by atomic mass is 35.5. The van der Waals surface area contributed by atoms with Crippen LogP contribution in [0.2, 0.25) is 10.0 Å². The van der Waals surface area contributed by atoms with E-state index in [9.17, 15) is 4.79 Å². The van der Waals surface area contributed by atoms with Crippen molar-refractivity contribution in [3.05, 3.63) is 80.7 Å². The van der Waals surface area contributed by atoms with Crippen LogP contribution in [0.4, 0.5) is 17.3 Å². The Hall–Kier alpha value is -2.83. The fourth-order valence-corrected chi connectivity index (χ4v) is 5.67. The molecule has 0 radical (unpaired) electrons. The third kappa shape index (κ3) is 4.57. The van der Waals surface area contributed by atoms with E-state index in [0.29, 0.717) is 44.7 Å². The summed E-state index contributed by atoms with van der Waals surface area (Å²) in [4.78, 5) is 29.4. The summed E-state index contributed by atoms with van der Waals surface area (Å²) in [6.45, 7) is 10.1. The van der Waals surface area contributed by atoms with Crippen LogP contribution in [0.5, 0.6) is 0 Å². The van der Waals surface area contributed by atoms with Crippen molar-refractivity contribution in [3.8, 4) is 0 Å². The Morgan fingerprint density at radius 3 is 2.79 bits per heavy atom. The molecule has 0 fully saturated rings. The van der Waals surface area contributed by atoms with Crippen LogP contribution in [0.1, 0.15) is 21.5 Å². The predicted octanol–water partition coefficient (Wildman–Crippen LogP) is 5.51. The normalized spacial score (nSPS) is 15.4. The van der Waals surface area contributed by atoms with Gasteiger partial charge in [-0.1, -0.05) is 47.1 Å². The second-order valence-electron chi connectivity index (χ2n) is 8.01. The molecule has 2 aliphatic rings. The van der Waals surface area contributed by atoms with E-state index in [0.717, 1.165) is 31.7 Å². The molecule has 0 spiro atoms. The zero-order valence-electron chi connectivity index (χ0n) is 18.1. The summed E-state index contributed by atoms with van der Waals surface area (Å²) in [6.07, 6.45) is 2.49. The molecular formula is C24H20Cl2N6OS. The predicted molar refractivity (Wildman–Crippen MR) is 136 cm³/mol. The zero-order chi connectivity index (χ0) is 23.7. The highest BCUT2D eigenvalue weighted by molar-refractivity contribution is 7.99. The summed E-state index contributed by atoms with van der Waals surface area (Å²) in [5, 5.41) is 4.73. The first-order chi connectivity index (χ1) is 16.5. The zero-order valence-corrected chi connectivity index (χ0v) is 20.4. The smallest absolute Gasteiger partial charge is 0.263 e. The summed E-state index contributed by atoms with van der Waals surface area (Å²) >= 11 is 14.1. The summed E-state index contributed by atoms with van der Waals surface area (Å²) in [6, 6.07) is 11.4. The molecule has 3 heterocycles. The minimum Gasteiger partial charge on any atom is -0.324 e. The molecule has 1 aromatic heterocycles. The van der Waals surface area contributed by atoms with Crippen molar-refractivity contribution in [2.24, 2.45) is 0 Å². The molecule has 7 nitrogen and oxygen atoms in total. The lowest BCUT2D eigenvalue weighted by molar-refractivity contribution is 0.0985. The molecule has 0 bridgehead atoms. The molecule has 10 heteroatoms. The van der Waals surface area contributed by atoms with Crippen LogP contribution >= 0.6 is 35.0 Å². The van der Waals surface area contributed by atoms with Gasteiger partial charge in [0.1, 0.15) is 5.03 Å². The number of aromatic nitrogens is 2. The van der Waals surface area contributed by atoms with Crippen molar-refractivity contribution in [2.45, 2.75) is 18.0 Å². The Kier molecular flexibility index (Phi) is 6.61. The number of para-hydroxylation sites is 1. The van der Waals surface area contributed by atoms with E-state index in [2.05, 4.69) is 37.2 Å². The largest absolute Gasteiger partial charge is 0.324 e. The van der Waals surface area contributed by atoms with Crippen molar-refractivity contribution in [1.29, 1.82) is 0 Å². The van der Waals surface area contributed by atoms with Crippen LogP contribution in [-0.4, -0.2) is 46.3 Å². The van der Waals surface area contributed by atoms with Gasteiger partial charge in [0.25, 0.3) is 5.91 Å². The Bertz CT molecular complexity index is 1290. The second-order valence-corrected chi connectivity index (χ2v) is 9.75. The lowest BCUT2D eigenvalue weighted by atomic mass is 9.99. The van der Waals surface area contributed by atoms with Gasteiger partial charge in [-0.15, -0.1) is 0 Å². The highest BCUT2D eigenvalue weighted by Gasteiger charge is 2.30. The van der Waals surface area contributed by atoms with Crippen LogP contribution in [0.3, 0.4) is 0 Å². The third-order valence-electron chi connectivity index (χ3n) is 5.85. The second kappa shape index (κ2) is 9.80. The van der Waals surface area contributed by atoms with Gasteiger partial charge in [0, 0.05) is 25.0 Å². The van der Waals surface area contributed by atoms with Crippen LogP contribution in [0, 0.1) is 6.57 Å². The number of anilines is 3. The molecule has 0 unspecified atom stereocenters. The topological polar surface area (TPSA) is 65.7 Å². The van der Waals surface area contributed by atoms with E-state index >= 15 is 0 Å². The number of thioether (sulfide) groups is 1. The van der Waals surface area contributed by atoms with E-state index in [-0.39, 0.29) is 5.91 Å². The maximum atomic E-state index is 13.1. The van der Waals surface area contributed by atoms with E-state index in [1.807, 2.05) is 6.07 Å². The number of nitrogens with one attached hydrogen (secondary N) is 1. The Morgan fingerprint density at radius 1 is 1.18 bits per heavy atom. The molecule has 0 atom stereocenters. The monoisotopic (exact) mass is 510 g/mol.